The molecule has 140 valence electrons. The van der Waals surface area contributed by atoms with Gasteiger partial charge in [0.05, 0.1) is 5.41 Å². The van der Waals surface area contributed by atoms with Gasteiger partial charge in [-0.1, -0.05) is 20.8 Å². The number of anilines is 1. The summed E-state index contributed by atoms with van der Waals surface area (Å²) in [5.74, 6) is 1.63. The van der Waals surface area contributed by atoms with Crippen molar-refractivity contribution >= 4 is 11.6 Å². The highest BCUT2D eigenvalue weighted by Crippen LogP contribution is 2.27. The SMILES string of the molecule is CCC(CC)(CN)C(=O)Nc1ccc(OCCN2CCC(C)C2)cc1. The second kappa shape index (κ2) is 9.20. The molecular weight excluding hydrogens is 314 g/mol. The minimum absolute atomic E-state index is 0.00294. The summed E-state index contributed by atoms with van der Waals surface area (Å²) in [6.07, 6.45) is 2.76. The molecule has 1 atom stereocenters. The van der Waals surface area contributed by atoms with Crippen LogP contribution >= 0.6 is 0 Å². The van der Waals surface area contributed by atoms with E-state index in [-0.39, 0.29) is 5.91 Å². The van der Waals surface area contributed by atoms with E-state index in [1.165, 1.54) is 19.5 Å². The third-order valence-electron chi connectivity index (χ3n) is 5.52. The number of nitrogens with two attached hydrogens (primary N) is 1. The molecule has 2 rings (SSSR count). The van der Waals surface area contributed by atoms with Crippen molar-refractivity contribution in [1.82, 2.24) is 4.90 Å². The molecule has 0 bridgehead atoms. The second-order valence-electron chi connectivity index (χ2n) is 7.21. The maximum atomic E-state index is 12.5. The number of carbonyl (C=O) groups is 1. The Morgan fingerprint density at radius 3 is 2.52 bits per heavy atom. The molecule has 1 aromatic rings. The molecule has 1 aliphatic heterocycles. The zero-order valence-corrected chi connectivity index (χ0v) is 15.9. The fourth-order valence-corrected chi connectivity index (χ4v) is 3.37. The highest BCUT2D eigenvalue weighted by molar-refractivity contribution is 5.95. The van der Waals surface area contributed by atoms with Crippen LogP contribution in [-0.4, -0.2) is 43.6 Å². The third kappa shape index (κ3) is 5.19. The number of carbonyl (C=O) groups excluding carboxylic acids is 1. The normalized spacial score (nSPS) is 18.3. The summed E-state index contributed by atoms with van der Waals surface area (Å²) < 4.78 is 5.82. The summed E-state index contributed by atoms with van der Waals surface area (Å²) in [5.41, 5.74) is 6.14. The fourth-order valence-electron chi connectivity index (χ4n) is 3.37. The van der Waals surface area contributed by atoms with Crippen molar-refractivity contribution in [3.8, 4) is 5.75 Å². The van der Waals surface area contributed by atoms with Gasteiger partial charge in [-0.2, -0.15) is 0 Å². The van der Waals surface area contributed by atoms with Crippen LogP contribution in [-0.2, 0) is 4.79 Å². The van der Waals surface area contributed by atoms with Gasteiger partial charge in [-0.05, 0) is 56.0 Å². The van der Waals surface area contributed by atoms with Crippen LogP contribution in [0.1, 0.15) is 40.0 Å². The van der Waals surface area contributed by atoms with Gasteiger partial charge in [0, 0.05) is 25.3 Å². The molecule has 25 heavy (non-hydrogen) atoms. The molecule has 5 heteroatoms. The molecule has 0 saturated carbocycles. The lowest BCUT2D eigenvalue weighted by atomic mass is 9.81. The monoisotopic (exact) mass is 347 g/mol. The molecule has 1 heterocycles. The van der Waals surface area contributed by atoms with Crippen LogP contribution in [0.2, 0.25) is 0 Å². The van der Waals surface area contributed by atoms with Crippen molar-refractivity contribution < 1.29 is 9.53 Å². The molecular formula is C20H33N3O2. The minimum Gasteiger partial charge on any atom is -0.492 e. The van der Waals surface area contributed by atoms with E-state index in [2.05, 4.69) is 17.1 Å². The van der Waals surface area contributed by atoms with Crippen molar-refractivity contribution in [1.29, 1.82) is 0 Å². The number of hydrogen-bond donors (Lipinski definition) is 2. The predicted molar refractivity (Wildman–Crippen MR) is 103 cm³/mol. The number of hydrogen-bond acceptors (Lipinski definition) is 4. The van der Waals surface area contributed by atoms with E-state index in [9.17, 15) is 4.79 Å². The zero-order chi connectivity index (χ0) is 18.3. The van der Waals surface area contributed by atoms with Gasteiger partial charge in [-0.3, -0.25) is 9.69 Å². The lowest BCUT2D eigenvalue weighted by Gasteiger charge is -2.28. The first-order valence-corrected chi connectivity index (χ1v) is 9.49. The predicted octanol–water partition coefficient (Wildman–Crippen LogP) is 3.11. The summed E-state index contributed by atoms with van der Waals surface area (Å²) in [4.78, 5) is 15.0. The molecule has 1 unspecified atom stereocenters. The number of amides is 1. The molecule has 1 aliphatic rings. The van der Waals surface area contributed by atoms with E-state index in [4.69, 9.17) is 10.5 Å². The van der Waals surface area contributed by atoms with Crippen LogP contribution in [0, 0.1) is 11.3 Å². The molecule has 3 N–H and O–H groups in total. The Bertz CT molecular complexity index is 532. The third-order valence-corrected chi connectivity index (χ3v) is 5.52. The van der Waals surface area contributed by atoms with Crippen molar-refractivity contribution in [2.75, 3.05) is 38.1 Å². The Morgan fingerprint density at radius 1 is 1.32 bits per heavy atom. The number of benzene rings is 1. The van der Waals surface area contributed by atoms with E-state index in [0.29, 0.717) is 13.2 Å². The summed E-state index contributed by atoms with van der Waals surface area (Å²) in [7, 11) is 0. The van der Waals surface area contributed by atoms with Gasteiger partial charge in [-0.25, -0.2) is 0 Å². The largest absolute Gasteiger partial charge is 0.492 e. The average Bonchev–Trinajstić information content (AvgIpc) is 3.04. The maximum absolute atomic E-state index is 12.5. The smallest absolute Gasteiger partial charge is 0.231 e. The van der Waals surface area contributed by atoms with Gasteiger partial charge in [0.1, 0.15) is 12.4 Å². The number of nitrogens with one attached hydrogen (secondary N) is 1. The highest BCUT2D eigenvalue weighted by Gasteiger charge is 2.33. The van der Waals surface area contributed by atoms with Crippen LogP contribution in [0.5, 0.6) is 5.75 Å². The van der Waals surface area contributed by atoms with Crippen LogP contribution in [0.15, 0.2) is 24.3 Å². The summed E-state index contributed by atoms with van der Waals surface area (Å²) >= 11 is 0. The highest BCUT2D eigenvalue weighted by atomic mass is 16.5. The first-order chi connectivity index (χ1) is 12.0. The van der Waals surface area contributed by atoms with Gasteiger partial charge in [0.15, 0.2) is 0 Å². The molecule has 1 aromatic carbocycles. The van der Waals surface area contributed by atoms with Crippen LogP contribution in [0.4, 0.5) is 5.69 Å². The first-order valence-electron chi connectivity index (χ1n) is 9.49. The van der Waals surface area contributed by atoms with Crippen molar-refractivity contribution in [2.24, 2.45) is 17.1 Å². The van der Waals surface area contributed by atoms with Crippen LogP contribution in [0.3, 0.4) is 0 Å². The van der Waals surface area contributed by atoms with Crippen LogP contribution < -0.4 is 15.8 Å². The second-order valence-corrected chi connectivity index (χ2v) is 7.21. The average molecular weight is 348 g/mol. The molecule has 1 saturated heterocycles. The molecule has 5 nitrogen and oxygen atoms in total. The van der Waals surface area contributed by atoms with Crippen molar-refractivity contribution in [3.63, 3.8) is 0 Å². The Balaban J connectivity index is 1.82. The molecule has 0 radical (unpaired) electrons. The lowest BCUT2D eigenvalue weighted by Crippen LogP contribution is -2.41. The standard InChI is InChI=1S/C20H33N3O2/c1-4-20(5-2,15-21)19(24)22-17-6-8-18(9-7-17)25-13-12-23-11-10-16(3)14-23/h6-9,16H,4-5,10-15,21H2,1-3H3,(H,22,24). The molecule has 0 aromatic heterocycles. The first kappa shape index (κ1) is 19.7. The van der Waals surface area contributed by atoms with Gasteiger partial charge in [-0.15, -0.1) is 0 Å². The number of nitrogens with zero attached hydrogens (tertiary/aromatic N) is 1. The van der Waals surface area contributed by atoms with Gasteiger partial charge in [0.2, 0.25) is 5.91 Å². The Morgan fingerprint density at radius 2 is 2.00 bits per heavy atom. The zero-order valence-electron chi connectivity index (χ0n) is 15.9. The number of ether oxygens (including phenoxy) is 1. The van der Waals surface area contributed by atoms with Gasteiger partial charge in [0.25, 0.3) is 0 Å². The van der Waals surface area contributed by atoms with Crippen LogP contribution in [0.25, 0.3) is 0 Å². The molecule has 1 amide bonds. The Kier molecular flexibility index (Phi) is 7.26. The van der Waals surface area contributed by atoms with E-state index >= 15 is 0 Å². The van der Waals surface area contributed by atoms with Crippen molar-refractivity contribution in [3.05, 3.63) is 24.3 Å². The van der Waals surface area contributed by atoms with E-state index in [1.54, 1.807) is 0 Å². The fraction of sp³-hybridized carbons (Fsp3) is 0.650. The maximum Gasteiger partial charge on any atom is 0.231 e. The van der Waals surface area contributed by atoms with E-state index < -0.39 is 5.41 Å². The van der Waals surface area contributed by atoms with Crippen molar-refractivity contribution in [2.45, 2.75) is 40.0 Å². The Labute approximate surface area is 151 Å². The summed E-state index contributed by atoms with van der Waals surface area (Å²) in [6.45, 7) is 10.7. The van der Waals surface area contributed by atoms with Gasteiger partial charge < -0.3 is 15.8 Å². The van der Waals surface area contributed by atoms with E-state index in [0.717, 1.165) is 36.7 Å². The Hall–Kier alpha value is -1.59. The lowest BCUT2D eigenvalue weighted by molar-refractivity contribution is -0.125. The molecule has 0 spiro atoms. The summed E-state index contributed by atoms with van der Waals surface area (Å²) in [5, 5.41) is 2.99. The molecule has 0 aliphatic carbocycles. The topological polar surface area (TPSA) is 67.6 Å². The van der Waals surface area contributed by atoms with Gasteiger partial charge >= 0.3 is 0 Å². The number of likely N-dealkylation sites (tertiary alicyclic amines) is 1. The summed E-state index contributed by atoms with van der Waals surface area (Å²) in [6, 6.07) is 7.59. The molecule has 1 fully saturated rings. The number of rotatable bonds is 9. The van der Waals surface area contributed by atoms with E-state index in [1.807, 2.05) is 38.1 Å². The minimum atomic E-state index is -0.484. The quantitative estimate of drug-likeness (QED) is 0.720.